The monoisotopic (exact) mass is 395 g/mol. The Labute approximate surface area is 164 Å². The van der Waals surface area contributed by atoms with Crippen LogP contribution in [0.2, 0.25) is 5.02 Å². The largest absolute Gasteiger partial charge is 0.335 e. The van der Waals surface area contributed by atoms with E-state index in [0.717, 1.165) is 25.7 Å². The van der Waals surface area contributed by atoms with Gasteiger partial charge >= 0.3 is 6.03 Å². The maximum Gasteiger partial charge on any atom is 0.321 e. The molecule has 0 radical (unpaired) electrons. The molecule has 27 heavy (non-hydrogen) atoms. The molecule has 1 saturated carbocycles. The van der Waals surface area contributed by atoms with Gasteiger partial charge in [-0.3, -0.25) is 14.9 Å². The molecule has 1 aliphatic carbocycles. The number of quaternary nitrogens is 1. The number of nitrogens with one attached hydrogen (secondary N) is 4. The average Bonchev–Trinajstić information content (AvgIpc) is 2.63. The number of benzene rings is 1. The highest BCUT2D eigenvalue weighted by Gasteiger charge is 2.26. The summed E-state index contributed by atoms with van der Waals surface area (Å²) in [5, 5.41) is 8.58. The molecule has 7 nitrogen and oxygen atoms in total. The number of amides is 4. The number of halogens is 1. The summed E-state index contributed by atoms with van der Waals surface area (Å²) in [6.45, 7) is 1.79. The van der Waals surface area contributed by atoms with E-state index in [-0.39, 0.29) is 18.5 Å². The van der Waals surface area contributed by atoms with Crippen molar-refractivity contribution in [2.75, 3.05) is 18.9 Å². The summed E-state index contributed by atoms with van der Waals surface area (Å²) in [6.07, 6.45) is 5.30. The van der Waals surface area contributed by atoms with Gasteiger partial charge in [0.15, 0.2) is 12.6 Å². The molecule has 0 saturated heterocycles. The SMILES string of the molecule is C[C@@H](C(=O)NC(=O)NC1CCCCC1)[NH+](C)CC(=O)Nc1ccc(Cl)cc1. The van der Waals surface area contributed by atoms with Crippen LogP contribution in [-0.2, 0) is 9.59 Å². The topological polar surface area (TPSA) is 91.7 Å². The van der Waals surface area contributed by atoms with Gasteiger partial charge in [0.2, 0.25) is 0 Å². The molecule has 0 aromatic heterocycles. The lowest BCUT2D eigenvalue weighted by Crippen LogP contribution is -3.15. The molecular formula is C19H28ClN4O3+. The van der Waals surface area contributed by atoms with Gasteiger partial charge in [-0.15, -0.1) is 0 Å². The van der Waals surface area contributed by atoms with Crippen molar-refractivity contribution in [2.45, 2.75) is 51.1 Å². The fraction of sp³-hybridized carbons (Fsp3) is 0.526. The quantitative estimate of drug-likeness (QED) is 0.585. The minimum Gasteiger partial charge on any atom is -0.335 e. The fourth-order valence-electron chi connectivity index (χ4n) is 3.06. The second-order valence-electron chi connectivity index (χ2n) is 7.10. The van der Waals surface area contributed by atoms with Gasteiger partial charge in [-0.1, -0.05) is 30.9 Å². The highest BCUT2D eigenvalue weighted by molar-refractivity contribution is 6.30. The summed E-state index contributed by atoms with van der Waals surface area (Å²) in [5.41, 5.74) is 0.640. The van der Waals surface area contributed by atoms with Crippen LogP contribution in [0.15, 0.2) is 24.3 Å². The minimum absolute atomic E-state index is 0.0987. The van der Waals surface area contributed by atoms with Crippen LogP contribution in [0.1, 0.15) is 39.0 Å². The Morgan fingerprint density at radius 2 is 1.78 bits per heavy atom. The second-order valence-corrected chi connectivity index (χ2v) is 7.53. The van der Waals surface area contributed by atoms with Gasteiger partial charge in [0.05, 0.1) is 7.05 Å². The molecule has 1 unspecified atom stereocenters. The first-order chi connectivity index (χ1) is 12.8. The van der Waals surface area contributed by atoms with Crippen molar-refractivity contribution >= 4 is 35.1 Å². The van der Waals surface area contributed by atoms with Crippen molar-refractivity contribution in [3.8, 4) is 0 Å². The molecule has 0 heterocycles. The molecule has 2 atom stereocenters. The van der Waals surface area contributed by atoms with E-state index in [9.17, 15) is 14.4 Å². The highest BCUT2D eigenvalue weighted by Crippen LogP contribution is 2.17. The molecule has 1 aliphatic rings. The number of urea groups is 1. The van der Waals surface area contributed by atoms with Crippen LogP contribution < -0.4 is 20.9 Å². The van der Waals surface area contributed by atoms with Crippen LogP contribution >= 0.6 is 11.6 Å². The van der Waals surface area contributed by atoms with E-state index in [1.165, 1.54) is 6.42 Å². The van der Waals surface area contributed by atoms with Crippen molar-refractivity contribution in [1.29, 1.82) is 0 Å². The molecule has 0 bridgehead atoms. The van der Waals surface area contributed by atoms with E-state index in [0.29, 0.717) is 15.6 Å². The Balaban J connectivity index is 1.76. The first-order valence-electron chi connectivity index (χ1n) is 9.34. The van der Waals surface area contributed by atoms with Gasteiger partial charge in [-0.25, -0.2) is 4.79 Å². The van der Waals surface area contributed by atoms with Crippen molar-refractivity contribution < 1.29 is 19.3 Å². The molecular weight excluding hydrogens is 368 g/mol. The Kier molecular flexibility index (Phi) is 8.06. The summed E-state index contributed by atoms with van der Waals surface area (Å²) in [7, 11) is 1.74. The van der Waals surface area contributed by atoms with Crippen LogP contribution in [0.5, 0.6) is 0 Å². The Morgan fingerprint density at radius 1 is 1.15 bits per heavy atom. The molecule has 1 aromatic carbocycles. The van der Waals surface area contributed by atoms with Crippen LogP contribution in [0.4, 0.5) is 10.5 Å². The number of rotatable bonds is 6. The van der Waals surface area contributed by atoms with Gasteiger partial charge in [0.25, 0.3) is 11.8 Å². The Hall–Kier alpha value is -2.12. The zero-order valence-corrected chi connectivity index (χ0v) is 16.6. The normalized spacial score (nSPS) is 16.9. The van der Waals surface area contributed by atoms with E-state index >= 15 is 0 Å². The first kappa shape index (κ1) is 21.2. The number of hydrogen-bond acceptors (Lipinski definition) is 3. The summed E-state index contributed by atoms with van der Waals surface area (Å²) >= 11 is 5.82. The van der Waals surface area contributed by atoms with Crippen molar-refractivity contribution in [3.63, 3.8) is 0 Å². The molecule has 8 heteroatoms. The van der Waals surface area contributed by atoms with Gasteiger partial charge in [-0.05, 0) is 44.0 Å². The zero-order valence-electron chi connectivity index (χ0n) is 15.8. The third-order valence-electron chi connectivity index (χ3n) is 4.88. The number of carbonyl (C=O) groups excluding carboxylic acids is 3. The van der Waals surface area contributed by atoms with Crippen LogP contribution in [0.3, 0.4) is 0 Å². The number of anilines is 1. The second kappa shape index (κ2) is 10.3. The lowest BCUT2D eigenvalue weighted by molar-refractivity contribution is -0.885. The maximum atomic E-state index is 12.3. The molecule has 0 spiro atoms. The molecule has 148 valence electrons. The summed E-state index contributed by atoms with van der Waals surface area (Å²) in [5.74, 6) is -0.624. The lowest BCUT2D eigenvalue weighted by Gasteiger charge is -2.24. The van der Waals surface area contributed by atoms with Gasteiger partial charge < -0.3 is 15.5 Å². The smallest absolute Gasteiger partial charge is 0.321 e. The Morgan fingerprint density at radius 3 is 2.41 bits per heavy atom. The lowest BCUT2D eigenvalue weighted by atomic mass is 9.96. The zero-order chi connectivity index (χ0) is 19.8. The highest BCUT2D eigenvalue weighted by atomic mass is 35.5. The van der Waals surface area contributed by atoms with Gasteiger partial charge in [0, 0.05) is 16.8 Å². The average molecular weight is 396 g/mol. The van der Waals surface area contributed by atoms with Crippen molar-refractivity contribution in [1.82, 2.24) is 10.6 Å². The van der Waals surface area contributed by atoms with E-state index in [1.807, 2.05) is 0 Å². The molecule has 1 fully saturated rings. The van der Waals surface area contributed by atoms with E-state index in [1.54, 1.807) is 38.2 Å². The van der Waals surface area contributed by atoms with E-state index in [4.69, 9.17) is 11.6 Å². The molecule has 0 aliphatic heterocycles. The van der Waals surface area contributed by atoms with Crippen LogP contribution in [-0.4, -0.2) is 43.5 Å². The summed E-state index contributed by atoms with van der Waals surface area (Å²) in [6, 6.07) is 5.93. The summed E-state index contributed by atoms with van der Waals surface area (Å²) < 4.78 is 0. The van der Waals surface area contributed by atoms with E-state index in [2.05, 4.69) is 16.0 Å². The van der Waals surface area contributed by atoms with Crippen molar-refractivity contribution in [3.05, 3.63) is 29.3 Å². The first-order valence-corrected chi connectivity index (χ1v) is 9.72. The van der Waals surface area contributed by atoms with Crippen molar-refractivity contribution in [2.24, 2.45) is 0 Å². The Bertz CT molecular complexity index is 659. The number of likely N-dealkylation sites (N-methyl/N-ethyl adjacent to an activating group) is 1. The van der Waals surface area contributed by atoms with Gasteiger partial charge in [-0.2, -0.15) is 0 Å². The number of carbonyl (C=O) groups is 3. The third kappa shape index (κ3) is 7.19. The van der Waals surface area contributed by atoms with Crippen LogP contribution in [0.25, 0.3) is 0 Å². The maximum absolute atomic E-state index is 12.3. The summed E-state index contributed by atoms with van der Waals surface area (Å²) in [4.78, 5) is 37.1. The fourth-order valence-corrected chi connectivity index (χ4v) is 3.18. The predicted octanol–water partition coefficient (Wildman–Crippen LogP) is 1.34. The van der Waals surface area contributed by atoms with Crippen LogP contribution in [0, 0.1) is 0 Å². The van der Waals surface area contributed by atoms with Gasteiger partial charge in [0.1, 0.15) is 0 Å². The molecule has 1 aromatic rings. The minimum atomic E-state index is -0.543. The van der Waals surface area contributed by atoms with E-state index < -0.39 is 18.0 Å². The molecule has 4 amide bonds. The predicted molar refractivity (Wildman–Crippen MR) is 105 cm³/mol. The number of hydrogen-bond donors (Lipinski definition) is 4. The molecule has 4 N–H and O–H groups in total. The third-order valence-corrected chi connectivity index (χ3v) is 5.13. The number of imide groups is 1. The standard InChI is InChI=1S/C19H27ClN4O3/c1-13(18(26)23-19(27)22-15-6-4-3-5-7-15)24(2)12-17(25)21-16-10-8-14(20)9-11-16/h8-11,13,15H,3-7,12H2,1-2H3,(H,21,25)(H2,22,23,26,27)/p+1/t13-/m0/s1. The molecule has 2 rings (SSSR count).